The van der Waals surface area contributed by atoms with Gasteiger partial charge >= 0.3 is 6.18 Å². The Hall–Kier alpha value is -2.05. The first-order chi connectivity index (χ1) is 14.7. The van der Waals surface area contributed by atoms with E-state index in [1.165, 1.54) is 23.1 Å². The van der Waals surface area contributed by atoms with Gasteiger partial charge in [-0.3, -0.25) is 14.4 Å². The van der Waals surface area contributed by atoms with E-state index in [1.807, 2.05) is 25.6 Å². The molecule has 1 N–H and O–H groups in total. The van der Waals surface area contributed by atoms with Crippen molar-refractivity contribution in [3.05, 3.63) is 23.8 Å². The number of fused-ring (bicyclic) bond motifs is 1. The number of nitrogens with zero attached hydrogens (tertiary/aromatic N) is 2. The van der Waals surface area contributed by atoms with Gasteiger partial charge in [-0.25, -0.2) is 8.42 Å². The van der Waals surface area contributed by atoms with Crippen LogP contribution in [0.4, 0.5) is 18.9 Å². The zero-order valence-corrected chi connectivity index (χ0v) is 19.6. The molecule has 0 saturated heterocycles. The molecular formula is C20H30F3N3O5S. The molecule has 0 fully saturated rings. The van der Waals surface area contributed by atoms with Gasteiger partial charge in [0.2, 0.25) is 10.0 Å². The molecule has 0 radical (unpaired) electrons. The van der Waals surface area contributed by atoms with Gasteiger partial charge in [0.1, 0.15) is 12.4 Å². The van der Waals surface area contributed by atoms with Gasteiger partial charge in [-0.1, -0.05) is 6.92 Å². The Morgan fingerprint density at radius 2 is 1.88 bits per heavy atom. The summed E-state index contributed by atoms with van der Waals surface area (Å²) in [6.07, 6.45) is -5.15. The highest BCUT2D eigenvalue weighted by Gasteiger charge is 2.35. The minimum Gasteiger partial charge on any atom is -0.491 e. The monoisotopic (exact) mass is 481 g/mol. The molecule has 1 aliphatic rings. The molecule has 0 aliphatic carbocycles. The number of rotatable bonds is 4. The van der Waals surface area contributed by atoms with Crippen LogP contribution in [0.5, 0.6) is 5.75 Å². The van der Waals surface area contributed by atoms with Crippen molar-refractivity contribution in [2.45, 2.75) is 32.2 Å². The van der Waals surface area contributed by atoms with E-state index >= 15 is 0 Å². The summed E-state index contributed by atoms with van der Waals surface area (Å²) in [6.45, 7) is 5.22. The van der Waals surface area contributed by atoms with Gasteiger partial charge in [0.15, 0.2) is 5.75 Å². The van der Waals surface area contributed by atoms with Crippen LogP contribution in [0.25, 0.3) is 0 Å². The molecule has 32 heavy (non-hydrogen) atoms. The summed E-state index contributed by atoms with van der Waals surface area (Å²) in [5.41, 5.74) is -0.120. The minimum absolute atomic E-state index is 0.0000270. The van der Waals surface area contributed by atoms with Crippen LogP contribution in [-0.2, 0) is 14.8 Å². The second kappa shape index (κ2) is 10.3. The molecule has 0 saturated carbocycles. The van der Waals surface area contributed by atoms with Crippen LogP contribution >= 0.6 is 0 Å². The first-order valence-electron chi connectivity index (χ1n) is 10.0. The standard InChI is InChI=1S/C20H30F3N3O5S/c1-13-9-25(3)14(2)11-31-17-7-6-15(24-32(28,29)12-20(21,22)23)8-16(17)19(27)26(4)10-18(13)30-5/h6-8,13-14,18,24H,9-12H2,1-5H3/t13-,14-,18-/m0/s1. The number of methoxy groups -OCH3 is 1. The summed E-state index contributed by atoms with van der Waals surface area (Å²) in [7, 11) is 0.404. The van der Waals surface area contributed by atoms with Crippen LogP contribution in [0.1, 0.15) is 24.2 Å². The molecule has 1 aromatic rings. The zero-order chi connectivity index (χ0) is 24.3. The van der Waals surface area contributed by atoms with Crippen molar-refractivity contribution in [2.24, 2.45) is 5.92 Å². The molecule has 1 aliphatic heterocycles. The Bertz CT molecular complexity index is 910. The van der Waals surface area contributed by atoms with Gasteiger partial charge in [-0.15, -0.1) is 0 Å². The number of hydrogen-bond donors (Lipinski definition) is 1. The number of benzene rings is 1. The number of anilines is 1. The Labute approximate surface area is 186 Å². The number of ether oxygens (including phenoxy) is 2. The summed E-state index contributed by atoms with van der Waals surface area (Å²) in [5.74, 6) is -2.18. The van der Waals surface area contributed by atoms with Crippen molar-refractivity contribution in [1.29, 1.82) is 0 Å². The second-order valence-electron chi connectivity index (χ2n) is 8.22. The van der Waals surface area contributed by atoms with Gasteiger partial charge in [-0.2, -0.15) is 13.2 Å². The van der Waals surface area contributed by atoms with Crippen molar-refractivity contribution in [2.75, 3.05) is 51.4 Å². The molecule has 12 heteroatoms. The van der Waals surface area contributed by atoms with E-state index in [9.17, 15) is 26.4 Å². The fourth-order valence-corrected chi connectivity index (χ4v) is 4.44. The number of carbonyl (C=O) groups is 1. The molecule has 8 nitrogen and oxygen atoms in total. The van der Waals surface area contributed by atoms with E-state index in [0.29, 0.717) is 0 Å². The lowest BCUT2D eigenvalue weighted by atomic mass is 10.0. The largest absolute Gasteiger partial charge is 0.491 e. The van der Waals surface area contributed by atoms with Crippen LogP contribution < -0.4 is 9.46 Å². The molecule has 1 heterocycles. The Kier molecular flexibility index (Phi) is 8.40. The van der Waals surface area contributed by atoms with Gasteiger partial charge in [-0.05, 0) is 38.1 Å². The number of sulfonamides is 1. The smallest absolute Gasteiger partial charge is 0.404 e. The number of halogens is 3. The predicted octanol–water partition coefficient (Wildman–Crippen LogP) is 2.43. The van der Waals surface area contributed by atoms with Gasteiger partial charge < -0.3 is 14.4 Å². The van der Waals surface area contributed by atoms with E-state index in [-0.39, 0.29) is 48.2 Å². The molecule has 2 rings (SSSR count). The molecule has 3 atom stereocenters. The van der Waals surface area contributed by atoms with Gasteiger partial charge in [0.05, 0.1) is 11.7 Å². The van der Waals surface area contributed by atoms with Crippen molar-refractivity contribution < 1.29 is 35.9 Å². The maximum Gasteiger partial charge on any atom is 0.404 e. The average Bonchev–Trinajstić information content (AvgIpc) is 2.66. The third-order valence-corrected chi connectivity index (χ3v) is 6.64. The highest BCUT2D eigenvalue weighted by molar-refractivity contribution is 7.92. The molecule has 0 aromatic heterocycles. The summed E-state index contributed by atoms with van der Waals surface area (Å²) in [5, 5.41) is 0. The van der Waals surface area contributed by atoms with Crippen molar-refractivity contribution in [3.63, 3.8) is 0 Å². The number of likely N-dealkylation sites (N-methyl/N-ethyl adjacent to an activating group) is 2. The van der Waals surface area contributed by atoms with Crippen molar-refractivity contribution in [1.82, 2.24) is 9.80 Å². The highest BCUT2D eigenvalue weighted by atomic mass is 32.2. The van der Waals surface area contributed by atoms with E-state index in [2.05, 4.69) is 4.90 Å². The summed E-state index contributed by atoms with van der Waals surface area (Å²) < 4.78 is 74.7. The SMILES string of the molecule is CO[C@H]1CN(C)C(=O)c2cc(NS(=O)(=O)CC(F)(F)F)ccc2OC[C@H](C)N(C)C[C@@H]1C. The van der Waals surface area contributed by atoms with Crippen LogP contribution in [-0.4, -0.2) is 89.1 Å². The number of hydrogen-bond acceptors (Lipinski definition) is 6. The lowest BCUT2D eigenvalue weighted by molar-refractivity contribution is -0.106. The lowest BCUT2D eigenvalue weighted by Crippen LogP contribution is -2.45. The average molecular weight is 482 g/mol. The van der Waals surface area contributed by atoms with Crippen LogP contribution in [0.2, 0.25) is 0 Å². The van der Waals surface area contributed by atoms with Gasteiger partial charge in [0, 0.05) is 39.0 Å². The van der Waals surface area contributed by atoms with E-state index in [4.69, 9.17) is 9.47 Å². The lowest BCUT2D eigenvalue weighted by Gasteiger charge is -2.34. The first-order valence-corrected chi connectivity index (χ1v) is 11.7. The van der Waals surface area contributed by atoms with E-state index < -0.39 is 27.9 Å². The number of alkyl halides is 3. The van der Waals surface area contributed by atoms with Crippen LogP contribution in [0.15, 0.2) is 18.2 Å². The zero-order valence-electron chi connectivity index (χ0n) is 18.8. The highest BCUT2D eigenvalue weighted by Crippen LogP contribution is 2.27. The van der Waals surface area contributed by atoms with E-state index in [1.54, 1.807) is 14.2 Å². The molecule has 0 unspecified atom stereocenters. The molecule has 0 spiro atoms. The summed E-state index contributed by atoms with van der Waals surface area (Å²) >= 11 is 0. The Morgan fingerprint density at radius 1 is 1.22 bits per heavy atom. The summed E-state index contributed by atoms with van der Waals surface area (Å²) in [6, 6.07) is 3.83. The number of carbonyl (C=O) groups excluding carboxylic acids is 1. The molecule has 182 valence electrons. The van der Waals surface area contributed by atoms with Gasteiger partial charge in [0.25, 0.3) is 5.91 Å². The topological polar surface area (TPSA) is 88.2 Å². The van der Waals surface area contributed by atoms with Crippen molar-refractivity contribution in [3.8, 4) is 5.75 Å². The maximum absolute atomic E-state index is 13.1. The number of amides is 1. The molecule has 0 bridgehead atoms. The molecular weight excluding hydrogens is 451 g/mol. The van der Waals surface area contributed by atoms with Crippen LogP contribution in [0, 0.1) is 5.92 Å². The number of nitrogens with one attached hydrogen (secondary N) is 1. The van der Waals surface area contributed by atoms with Crippen molar-refractivity contribution >= 4 is 21.6 Å². The fourth-order valence-electron chi connectivity index (χ4n) is 3.45. The fraction of sp³-hybridized carbons (Fsp3) is 0.650. The summed E-state index contributed by atoms with van der Waals surface area (Å²) in [4.78, 5) is 16.7. The molecule has 1 aromatic carbocycles. The Morgan fingerprint density at radius 3 is 2.47 bits per heavy atom. The quantitative estimate of drug-likeness (QED) is 0.711. The minimum atomic E-state index is -4.89. The predicted molar refractivity (Wildman–Crippen MR) is 114 cm³/mol. The van der Waals surface area contributed by atoms with E-state index in [0.717, 1.165) is 6.54 Å². The first kappa shape index (κ1) is 26.2. The second-order valence-corrected chi connectivity index (χ2v) is 9.95. The third-order valence-electron chi connectivity index (χ3n) is 5.38. The third kappa shape index (κ3) is 7.24. The molecule has 1 amide bonds. The normalized spacial score (nSPS) is 24.2. The Balaban J connectivity index is 2.41. The van der Waals surface area contributed by atoms with Crippen LogP contribution in [0.3, 0.4) is 0 Å². The maximum atomic E-state index is 13.1.